The first-order valence-corrected chi connectivity index (χ1v) is 6.85. The third kappa shape index (κ3) is 2.83. The molecule has 1 amide bonds. The molecule has 1 N–H and O–H groups in total. The fourth-order valence-corrected chi connectivity index (χ4v) is 2.97. The molecule has 1 heterocycles. The summed E-state index contributed by atoms with van der Waals surface area (Å²) in [5.74, 6) is -0.939. The minimum absolute atomic E-state index is 0.0562. The highest BCUT2D eigenvalue weighted by atomic mass is 16.4. The van der Waals surface area contributed by atoms with E-state index < -0.39 is 5.97 Å². The van der Waals surface area contributed by atoms with Gasteiger partial charge in [-0.3, -0.25) is 9.59 Å². The largest absolute Gasteiger partial charge is 0.481 e. The highest BCUT2D eigenvalue weighted by molar-refractivity contribution is 5.81. The Morgan fingerprint density at radius 3 is 2.22 bits per heavy atom. The summed E-state index contributed by atoms with van der Waals surface area (Å²) in [7, 11) is 0. The van der Waals surface area contributed by atoms with Crippen LogP contribution in [0.3, 0.4) is 0 Å². The lowest BCUT2D eigenvalue weighted by molar-refractivity contribution is -0.142. The third-order valence-electron chi connectivity index (χ3n) is 4.26. The molecular weight excluding hydrogens is 232 g/mol. The van der Waals surface area contributed by atoms with Crippen molar-refractivity contribution in [3.63, 3.8) is 0 Å². The summed E-state index contributed by atoms with van der Waals surface area (Å²) in [6.07, 6.45) is 1.92. The number of hydrogen-bond donors (Lipinski definition) is 1. The van der Waals surface area contributed by atoms with E-state index in [4.69, 9.17) is 5.11 Å². The summed E-state index contributed by atoms with van der Waals surface area (Å²) in [6, 6.07) is 0. The van der Waals surface area contributed by atoms with Crippen molar-refractivity contribution in [2.45, 2.75) is 26.2 Å². The van der Waals surface area contributed by atoms with Gasteiger partial charge in [-0.1, -0.05) is 6.92 Å². The number of carboxylic acid groups (broad SMARTS) is 1. The maximum Gasteiger partial charge on any atom is 0.306 e. The molecule has 0 aromatic heterocycles. The smallest absolute Gasteiger partial charge is 0.306 e. The van der Waals surface area contributed by atoms with E-state index in [0.717, 1.165) is 39.1 Å². The van der Waals surface area contributed by atoms with Crippen LogP contribution in [0, 0.1) is 11.8 Å². The fraction of sp³-hybridized carbons (Fsp3) is 0.846. The van der Waals surface area contributed by atoms with Crippen LogP contribution in [0.4, 0.5) is 0 Å². The predicted molar refractivity (Wildman–Crippen MR) is 67.2 cm³/mol. The maximum atomic E-state index is 12.3. The van der Waals surface area contributed by atoms with Crippen molar-refractivity contribution in [3.05, 3.63) is 0 Å². The van der Waals surface area contributed by atoms with E-state index in [1.807, 2.05) is 4.90 Å². The number of piperazine rings is 1. The average molecular weight is 254 g/mol. The molecule has 5 heteroatoms. The molecule has 0 aromatic rings. The molecule has 2 aliphatic rings. The number of nitrogens with zero attached hydrogens (tertiary/aromatic N) is 2. The highest BCUT2D eigenvalue weighted by Gasteiger charge is 2.36. The van der Waals surface area contributed by atoms with Crippen molar-refractivity contribution < 1.29 is 14.7 Å². The summed E-state index contributed by atoms with van der Waals surface area (Å²) >= 11 is 0. The fourth-order valence-electron chi connectivity index (χ4n) is 2.97. The normalized spacial score (nSPS) is 29.5. The molecule has 2 atom stereocenters. The lowest BCUT2D eigenvalue weighted by Crippen LogP contribution is -2.50. The number of carbonyl (C=O) groups excluding carboxylic acids is 1. The van der Waals surface area contributed by atoms with Crippen LogP contribution >= 0.6 is 0 Å². The molecule has 18 heavy (non-hydrogen) atoms. The minimum atomic E-state index is -0.749. The zero-order valence-electron chi connectivity index (χ0n) is 11.0. The summed E-state index contributed by atoms with van der Waals surface area (Å²) in [5, 5.41) is 8.96. The molecule has 0 spiro atoms. The van der Waals surface area contributed by atoms with E-state index >= 15 is 0 Å². The number of aliphatic carboxylic acids is 1. The molecule has 0 bridgehead atoms. The lowest BCUT2D eigenvalue weighted by Gasteiger charge is -2.35. The van der Waals surface area contributed by atoms with Crippen LogP contribution in [0.5, 0.6) is 0 Å². The molecule has 2 fully saturated rings. The second-order valence-corrected chi connectivity index (χ2v) is 5.30. The number of carbonyl (C=O) groups is 2. The zero-order valence-corrected chi connectivity index (χ0v) is 11.0. The third-order valence-corrected chi connectivity index (χ3v) is 4.26. The molecule has 2 unspecified atom stereocenters. The average Bonchev–Trinajstić information content (AvgIpc) is 2.88. The van der Waals surface area contributed by atoms with Gasteiger partial charge in [-0.2, -0.15) is 0 Å². The molecule has 2 rings (SSSR count). The van der Waals surface area contributed by atoms with Crippen molar-refractivity contribution in [1.82, 2.24) is 9.80 Å². The molecule has 0 radical (unpaired) electrons. The Bertz CT molecular complexity index is 324. The molecule has 0 aromatic carbocycles. The molecule has 1 saturated heterocycles. The van der Waals surface area contributed by atoms with E-state index in [0.29, 0.717) is 12.8 Å². The lowest BCUT2D eigenvalue weighted by atomic mass is 10.0. The number of likely N-dealkylation sites (N-methyl/N-ethyl adjacent to an activating group) is 1. The van der Waals surface area contributed by atoms with Gasteiger partial charge in [-0.05, 0) is 25.8 Å². The molecule has 102 valence electrons. The Kier molecular flexibility index (Phi) is 4.22. The van der Waals surface area contributed by atoms with E-state index in [1.165, 1.54) is 0 Å². The quantitative estimate of drug-likeness (QED) is 0.803. The van der Waals surface area contributed by atoms with Gasteiger partial charge in [-0.15, -0.1) is 0 Å². The summed E-state index contributed by atoms with van der Waals surface area (Å²) in [4.78, 5) is 27.4. The van der Waals surface area contributed by atoms with Gasteiger partial charge < -0.3 is 14.9 Å². The zero-order chi connectivity index (χ0) is 13.1. The Morgan fingerprint density at radius 1 is 1.11 bits per heavy atom. The summed E-state index contributed by atoms with van der Waals surface area (Å²) < 4.78 is 0. The van der Waals surface area contributed by atoms with E-state index in [-0.39, 0.29) is 17.7 Å². The van der Waals surface area contributed by atoms with Crippen LogP contribution in [0.2, 0.25) is 0 Å². The van der Waals surface area contributed by atoms with E-state index in [2.05, 4.69) is 11.8 Å². The van der Waals surface area contributed by atoms with Gasteiger partial charge in [0.2, 0.25) is 5.91 Å². The van der Waals surface area contributed by atoms with Gasteiger partial charge in [0.15, 0.2) is 0 Å². The van der Waals surface area contributed by atoms with Crippen LogP contribution in [-0.4, -0.2) is 59.5 Å². The number of amides is 1. The van der Waals surface area contributed by atoms with Crippen molar-refractivity contribution in [1.29, 1.82) is 0 Å². The Balaban J connectivity index is 1.84. The maximum absolute atomic E-state index is 12.3. The van der Waals surface area contributed by atoms with Gasteiger partial charge >= 0.3 is 5.97 Å². The van der Waals surface area contributed by atoms with Crippen molar-refractivity contribution in [2.75, 3.05) is 32.7 Å². The van der Waals surface area contributed by atoms with Crippen LogP contribution in [-0.2, 0) is 9.59 Å². The number of carboxylic acids is 1. The van der Waals surface area contributed by atoms with Crippen LogP contribution in [0.1, 0.15) is 26.2 Å². The summed E-state index contributed by atoms with van der Waals surface area (Å²) in [5.41, 5.74) is 0. The molecular formula is C13H22N2O3. The SMILES string of the molecule is CCN1CCN(C(=O)C2CCC(C(=O)O)C2)CC1. The molecule has 1 aliphatic carbocycles. The predicted octanol–water partition coefficient (Wildman–Crippen LogP) is 0.651. The van der Waals surface area contributed by atoms with Gasteiger partial charge in [0.25, 0.3) is 0 Å². The second kappa shape index (κ2) is 5.69. The Morgan fingerprint density at radius 2 is 1.72 bits per heavy atom. The highest BCUT2D eigenvalue weighted by Crippen LogP contribution is 2.32. The van der Waals surface area contributed by atoms with Crippen molar-refractivity contribution in [2.24, 2.45) is 11.8 Å². The molecule has 5 nitrogen and oxygen atoms in total. The number of hydrogen-bond acceptors (Lipinski definition) is 3. The van der Waals surface area contributed by atoms with Gasteiger partial charge in [0.1, 0.15) is 0 Å². The molecule has 1 saturated carbocycles. The Labute approximate surface area is 108 Å². The van der Waals surface area contributed by atoms with E-state index in [1.54, 1.807) is 0 Å². The summed E-state index contributed by atoms with van der Waals surface area (Å²) in [6.45, 7) is 6.63. The van der Waals surface area contributed by atoms with Crippen molar-refractivity contribution >= 4 is 11.9 Å². The number of rotatable bonds is 3. The van der Waals surface area contributed by atoms with E-state index in [9.17, 15) is 9.59 Å². The molecule has 1 aliphatic heterocycles. The van der Waals surface area contributed by atoms with Crippen LogP contribution in [0.25, 0.3) is 0 Å². The first-order chi connectivity index (χ1) is 8.61. The van der Waals surface area contributed by atoms with Crippen LogP contribution < -0.4 is 0 Å². The van der Waals surface area contributed by atoms with Gasteiger partial charge in [0.05, 0.1) is 5.92 Å². The minimum Gasteiger partial charge on any atom is -0.481 e. The first-order valence-electron chi connectivity index (χ1n) is 6.85. The Hall–Kier alpha value is -1.10. The first kappa shape index (κ1) is 13.3. The topological polar surface area (TPSA) is 60.9 Å². The van der Waals surface area contributed by atoms with Gasteiger partial charge in [0, 0.05) is 32.1 Å². The monoisotopic (exact) mass is 254 g/mol. The second-order valence-electron chi connectivity index (χ2n) is 5.30. The van der Waals surface area contributed by atoms with Crippen molar-refractivity contribution in [3.8, 4) is 0 Å². The van der Waals surface area contributed by atoms with Crippen LogP contribution in [0.15, 0.2) is 0 Å². The van der Waals surface area contributed by atoms with Gasteiger partial charge in [-0.25, -0.2) is 0 Å². The standard InChI is InChI=1S/C13H22N2O3/c1-2-14-5-7-15(8-6-14)12(16)10-3-4-11(9-10)13(17)18/h10-11H,2-9H2,1H3,(H,17,18).